The second kappa shape index (κ2) is 7.73. The van der Waals surface area contributed by atoms with E-state index in [0.29, 0.717) is 12.0 Å². The van der Waals surface area contributed by atoms with Crippen LogP contribution < -0.4 is 0 Å². The summed E-state index contributed by atoms with van der Waals surface area (Å²) in [5, 5.41) is 10.5. The predicted molar refractivity (Wildman–Crippen MR) is 124 cm³/mol. The number of fused-ring (bicyclic) bond motifs is 3. The third-order valence-electron chi connectivity index (χ3n) is 10.3. The minimum absolute atomic E-state index is 0.00535. The number of hydrogen-bond donors (Lipinski definition) is 1. The van der Waals surface area contributed by atoms with Crippen LogP contribution in [0.2, 0.25) is 0 Å². The van der Waals surface area contributed by atoms with Crippen molar-refractivity contribution in [3.05, 3.63) is 23.8 Å². The first kappa shape index (κ1) is 24.7. The summed E-state index contributed by atoms with van der Waals surface area (Å²) in [6, 6.07) is 0. The number of cyclic esters (lactones) is 1. The van der Waals surface area contributed by atoms with Crippen LogP contribution in [0.1, 0.15) is 59.8 Å². The van der Waals surface area contributed by atoms with Crippen molar-refractivity contribution in [1.29, 1.82) is 0 Å². The van der Waals surface area contributed by atoms with E-state index < -0.39 is 46.3 Å². The molecule has 2 aliphatic carbocycles. The Morgan fingerprint density at radius 3 is 2.60 bits per heavy atom. The Hall–Kier alpha value is -2.03. The van der Waals surface area contributed by atoms with Crippen LogP contribution in [0.4, 0.5) is 0 Å². The number of ketones is 1. The van der Waals surface area contributed by atoms with Crippen molar-refractivity contribution >= 4 is 17.7 Å². The summed E-state index contributed by atoms with van der Waals surface area (Å²) >= 11 is 0. The summed E-state index contributed by atoms with van der Waals surface area (Å²) in [5.74, 6) is -1.10. The van der Waals surface area contributed by atoms with Crippen molar-refractivity contribution in [1.82, 2.24) is 0 Å². The normalized spacial score (nSPS) is 46.3. The third kappa shape index (κ3) is 3.05. The Morgan fingerprint density at radius 1 is 1.26 bits per heavy atom. The van der Waals surface area contributed by atoms with E-state index in [4.69, 9.17) is 18.9 Å². The first-order valence-corrected chi connectivity index (χ1v) is 12.5. The average molecular weight is 489 g/mol. The van der Waals surface area contributed by atoms with Gasteiger partial charge in [-0.25, -0.2) is 0 Å². The first-order chi connectivity index (χ1) is 16.3. The molecular weight excluding hydrogens is 452 g/mol. The van der Waals surface area contributed by atoms with E-state index in [1.807, 2.05) is 20.8 Å². The fourth-order valence-electron chi connectivity index (χ4n) is 8.13. The molecule has 8 heteroatoms. The van der Waals surface area contributed by atoms with Crippen LogP contribution in [0.5, 0.6) is 0 Å². The number of carbonyl (C=O) groups excluding carboxylic acids is 3. The number of ether oxygens (including phenoxy) is 4. The zero-order chi connectivity index (χ0) is 25.6. The summed E-state index contributed by atoms with van der Waals surface area (Å²) in [5.41, 5.74) is -1.65. The number of methoxy groups -OCH3 is 1. The lowest BCUT2D eigenvalue weighted by atomic mass is 9.41. The molecule has 3 aliphatic heterocycles. The zero-order valence-corrected chi connectivity index (χ0v) is 21.2. The molecule has 0 amide bonds. The highest BCUT2D eigenvalue weighted by molar-refractivity contribution is 5.87. The summed E-state index contributed by atoms with van der Waals surface area (Å²) in [4.78, 5) is 38.9. The van der Waals surface area contributed by atoms with Gasteiger partial charge in [0.05, 0.1) is 26.2 Å². The fourth-order valence-corrected chi connectivity index (χ4v) is 8.13. The highest BCUT2D eigenvalue weighted by Crippen LogP contribution is 2.70. The van der Waals surface area contributed by atoms with Crippen LogP contribution in [0.3, 0.4) is 0 Å². The van der Waals surface area contributed by atoms with Gasteiger partial charge in [-0.1, -0.05) is 40.3 Å². The van der Waals surface area contributed by atoms with Crippen LogP contribution in [-0.4, -0.2) is 60.6 Å². The molecule has 8 nitrogen and oxygen atoms in total. The standard InChI is InChI=1S/C27H36O8/c1-14-16-7-9-25(4)22(15-8-10-33-23(15)31)34-21(30)13-27(14,25)35-19-12-18(28)24(2,3)17(26(16,19)5)11-20(29)32-6/h8,16-17,19,22-23,31H,1,7,9-13H2,2-6H3/t16?,17-,19-,22-,23+,25-,26+,27-/m0/s1. The molecule has 2 bridgehead atoms. The van der Waals surface area contributed by atoms with Gasteiger partial charge in [-0.05, 0) is 30.3 Å². The molecule has 1 unspecified atom stereocenters. The third-order valence-corrected chi connectivity index (χ3v) is 10.3. The molecule has 5 aliphatic rings. The average Bonchev–Trinajstić information content (AvgIpc) is 3.21. The Labute approximate surface area is 206 Å². The number of aliphatic hydroxyl groups is 1. The van der Waals surface area contributed by atoms with E-state index in [2.05, 4.69) is 13.5 Å². The number of carbonyl (C=O) groups is 3. The highest BCUT2D eigenvalue weighted by atomic mass is 16.6. The Balaban J connectivity index is 1.62. The number of Topliss-reactive ketones (excluding diaryl/α,β-unsaturated/α-hetero) is 1. The molecule has 0 aromatic rings. The van der Waals surface area contributed by atoms with Crippen molar-refractivity contribution in [3.63, 3.8) is 0 Å². The molecule has 3 heterocycles. The molecule has 35 heavy (non-hydrogen) atoms. The van der Waals surface area contributed by atoms with Gasteiger partial charge in [0, 0.05) is 34.7 Å². The summed E-state index contributed by atoms with van der Waals surface area (Å²) < 4.78 is 23.2. The maximum atomic E-state index is 13.4. The fraction of sp³-hybridized carbons (Fsp3) is 0.741. The molecule has 5 rings (SSSR count). The molecule has 4 fully saturated rings. The lowest BCUT2D eigenvalue weighted by Crippen LogP contribution is -2.74. The Bertz CT molecular complexity index is 1030. The van der Waals surface area contributed by atoms with Gasteiger partial charge in [0.2, 0.25) is 0 Å². The zero-order valence-electron chi connectivity index (χ0n) is 21.2. The molecule has 1 spiro atoms. The van der Waals surface area contributed by atoms with E-state index >= 15 is 0 Å². The van der Waals surface area contributed by atoms with Gasteiger partial charge in [-0.3, -0.25) is 14.4 Å². The minimum atomic E-state index is -1.14. The van der Waals surface area contributed by atoms with E-state index in [0.717, 1.165) is 12.0 Å². The Kier molecular flexibility index (Phi) is 5.45. The molecule has 0 aromatic heterocycles. The van der Waals surface area contributed by atoms with Crippen molar-refractivity contribution in [3.8, 4) is 0 Å². The van der Waals surface area contributed by atoms with Gasteiger partial charge in [-0.2, -0.15) is 0 Å². The minimum Gasteiger partial charge on any atom is -0.469 e. The molecule has 2 saturated carbocycles. The van der Waals surface area contributed by atoms with Crippen LogP contribution in [-0.2, 0) is 33.3 Å². The number of rotatable bonds is 3. The summed E-state index contributed by atoms with van der Waals surface area (Å²) in [6.07, 6.45) is 1.16. The van der Waals surface area contributed by atoms with Crippen LogP contribution >= 0.6 is 0 Å². The molecule has 0 aromatic carbocycles. The van der Waals surface area contributed by atoms with E-state index in [1.165, 1.54) is 7.11 Å². The van der Waals surface area contributed by atoms with Gasteiger partial charge in [0.25, 0.3) is 0 Å². The maximum Gasteiger partial charge on any atom is 0.309 e. The lowest BCUT2D eigenvalue weighted by Gasteiger charge is -2.70. The highest BCUT2D eigenvalue weighted by Gasteiger charge is 2.73. The van der Waals surface area contributed by atoms with Crippen molar-refractivity contribution in [2.24, 2.45) is 28.1 Å². The van der Waals surface area contributed by atoms with Gasteiger partial charge in [-0.15, -0.1) is 0 Å². The van der Waals surface area contributed by atoms with Gasteiger partial charge >= 0.3 is 11.9 Å². The number of hydrogen-bond acceptors (Lipinski definition) is 8. The topological polar surface area (TPSA) is 108 Å². The number of esters is 2. The maximum absolute atomic E-state index is 13.4. The SMILES string of the molecule is C=C1C2CC[C@@]3(C)[C@H](C4=CCO[C@H]4O)OC(=O)C[C@]13O[C@H]1CC(=O)C(C)(C)[C@H](CC(=O)OC)[C@@]21C. The Morgan fingerprint density at radius 2 is 1.97 bits per heavy atom. The predicted octanol–water partition coefficient (Wildman–Crippen LogP) is 2.87. The van der Waals surface area contributed by atoms with Crippen LogP contribution in [0.15, 0.2) is 23.8 Å². The van der Waals surface area contributed by atoms with Crippen molar-refractivity contribution in [2.45, 2.75) is 83.9 Å². The largest absolute Gasteiger partial charge is 0.469 e. The smallest absolute Gasteiger partial charge is 0.309 e. The van der Waals surface area contributed by atoms with Crippen molar-refractivity contribution in [2.75, 3.05) is 13.7 Å². The molecular formula is C27H36O8. The lowest BCUT2D eigenvalue weighted by molar-refractivity contribution is -0.294. The quantitative estimate of drug-likeness (QED) is 0.477. The molecule has 8 atom stereocenters. The summed E-state index contributed by atoms with van der Waals surface area (Å²) in [6.45, 7) is 12.7. The van der Waals surface area contributed by atoms with E-state index in [9.17, 15) is 19.5 Å². The second-order valence-electron chi connectivity index (χ2n) is 12.0. The summed E-state index contributed by atoms with van der Waals surface area (Å²) in [7, 11) is 1.36. The molecule has 0 radical (unpaired) electrons. The van der Waals surface area contributed by atoms with Gasteiger partial charge in [0.15, 0.2) is 6.29 Å². The second-order valence-corrected chi connectivity index (χ2v) is 12.0. The van der Waals surface area contributed by atoms with E-state index in [-0.39, 0.29) is 49.5 Å². The van der Waals surface area contributed by atoms with Crippen LogP contribution in [0.25, 0.3) is 0 Å². The molecule has 2 saturated heterocycles. The van der Waals surface area contributed by atoms with E-state index in [1.54, 1.807) is 6.08 Å². The first-order valence-electron chi connectivity index (χ1n) is 12.5. The van der Waals surface area contributed by atoms with Gasteiger partial charge in [0.1, 0.15) is 17.5 Å². The van der Waals surface area contributed by atoms with Crippen molar-refractivity contribution < 1.29 is 38.4 Å². The molecule has 192 valence electrons. The van der Waals surface area contributed by atoms with Crippen LogP contribution in [0, 0.1) is 28.1 Å². The number of aliphatic hydroxyl groups excluding tert-OH is 1. The van der Waals surface area contributed by atoms with Gasteiger partial charge < -0.3 is 24.1 Å². The molecule has 1 N–H and O–H groups in total. The monoisotopic (exact) mass is 488 g/mol.